The van der Waals surface area contributed by atoms with Crippen molar-refractivity contribution in [3.63, 3.8) is 0 Å². The summed E-state index contributed by atoms with van der Waals surface area (Å²) in [5, 5.41) is 12.4. The Morgan fingerprint density at radius 3 is 2.68 bits per heavy atom. The molecule has 0 unspecified atom stereocenters. The van der Waals surface area contributed by atoms with Gasteiger partial charge >= 0.3 is 6.18 Å². The van der Waals surface area contributed by atoms with E-state index >= 15 is 0 Å². The van der Waals surface area contributed by atoms with Gasteiger partial charge in [-0.15, -0.1) is 23.1 Å². The van der Waals surface area contributed by atoms with Crippen molar-refractivity contribution >= 4 is 40.6 Å². The summed E-state index contributed by atoms with van der Waals surface area (Å²) in [6, 6.07) is 8.39. The standard InChI is InChI=1S/C29H27F3N6OS2/c30-29(31,32)21-14-34-28(35-22-12-17-5-7-37(8-6-33)15-18(17)11-20(22)16-1-2-16)36-25(21)23-13-24-26(41-23)27(39)38(9-10-40-24)19-3-4-19/h11-14,16,19H,1-5,7-10,15H2,(H,34,35,36). The number of carbonyl (C=O) groups is 1. The summed E-state index contributed by atoms with van der Waals surface area (Å²) >= 11 is 2.60. The zero-order chi connectivity index (χ0) is 28.3. The Hall–Kier alpha value is -3.14. The number of halogens is 3. The fraction of sp³-hybridized carbons (Fsp3) is 0.448. The molecule has 2 aliphatic carbocycles. The molecular formula is C29H27F3N6OS2. The van der Waals surface area contributed by atoms with Crippen LogP contribution in [0.4, 0.5) is 24.8 Å². The van der Waals surface area contributed by atoms with Crippen molar-refractivity contribution in [1.82, 2.24) is 19.8 Å². The highest BCUT2D eigenvalue weighted by Gasteiger charge is 2.39. The monoisotopic (exact) mass is 596 g/mol. The zero-order valence-corrected chi connectivity index (χ0v) is 23.8. The minimum absolute atomic E-state index is 0.0961. The lowest BCUT2D eigenvalue weighted by Crippen LogP contribution is -2.33. The number of nitriles is 1. The normalized spacial score (nSPS) is 19.4. The summed E-state index contributed by atoms with van der Waals surface area (Å²) in [4.78, 5) is 27.3. The van der Waals surface area contributed by atoms with E-state index in [-0.39, 0.29) is 23.6 Å². The minimum atomic E-state index is -4.65. The van der Waals surface area contributed by atoms with Crippen LogP contribution < -0.4 is 5.32 Å². The number of thioether (sulfide) groups is 1. The van der Waals surface area contributed by atoms with E-state index in [1.54, 1.807) is 6.07 Å². The lowest BCUT2D eigenvalue weighted by molar-refractivity contribution is -0.137. The number of benzene rings is 1. The molecule has 2 fully saturated rings. The second-order valence-corrected chi connectivity index (χ2v) is 13.3. The van der Waals surface area contributed by atoms with Gasteiger partial charge in [-0.1, -0.05) is 6.07 Å². The van der Waals surface area contributed by atoms with E-state index in [1.165, 1.54) is 17.3 Å². The van der Waals surface area contributed by atoms with Crippen molar-refractivity contribution in [1.29, 1.82) is 5.26 Å². The Labute approximate surface area is 243 Å². The van der Waals surface area contributed by atoms with E-state index in [4.69, 9.17) is 5.26 Å². The largest absolute Gasteiger partial charge is 0.420 e. The third-order valence-corrected chi connectivity index (χ3v) is 10.4. The Morgan fingerprint density at radius 2 is 1.95 bits per heavy atom. The number of anilines is 2. The average Bonchev–Trinajstić information content (AvgIpc) is 3.87. The highest BCUT2D eigenvalue weighted by Crippen LogP contribution is 2.47. The topological polar surface area (TPSA) is 85.2 Å². The number of hydrogen-bond acceptors (Lipinski definition) is 8. The molecule has 0 radical (unpaired) electrons. The van der Waals surface area contributed by atoms with Gasteiger partial charge in [0.1, 0.15) is 10.4 Å². The van der Waals surface area contributed by atoms with Gasteiger partial charge in [-0.2, -0.15) is 18.4 Å². The highest BCUT2D eigenvalue weighted by molar-refractivity contribution is 7.99. The van der Waals surface area contributed by atoms with Crippen molar-refractivity contribution in [3.8, 4) is 16.6 Å². The average molecular weight is 597 g/mol. The molecule has 0 bridgehead atoms. The maximum atomic E-state index is 14.1. The molecule has 7 rings (SSSR count). The Balaban J connectivity index is 1.24. The van der Waals surface area contributed by atoms with Crippen LogP contribution in [0.5, 0.6) is 0 Å². The maximum absolute atomic E-state index is 14.1. The molecule has 2 aliphatic heterocycles. The number of rotatable bonds is 6. The molecule has 3 aromatic rings. The van der Waals surface area contributed by atoms with Gasteiger partial charge in [0.2, 0.25) is 5.95 Å². The Bertz CT molecular complexity index is 1570. The Kier molecular flexibility index (Phi) is 6.71. The second kappa shape index (κ2) is 10.3. The van der Waals surface area contributed by atoms with Gasteiger partial charge in [-0.05, 0) is 66.8 Å². The fourth-order valence-electron chi connectivity index (χ4n) is 5.69. The van der Waals surface area contributed by atoms with Gasteiger partial charge < -0.3 is 10.2 Å². The summed E-state index contributed by atoms with van der Waals surface area (Å²) in [6.45, 7) is 2.53. The lowest BCUT2D eigenvalue weighted by Gasteiger charge is -2.28. The molecule has 4 aliphatic rings. The van der Waals surface area contributed by atoms with Crippen LogP contribution in [0.15, 0.2) is 29.3 Å². The number of aromatic nitrogens is 2. The van der Waals surface area contributed by atoms with E-state index in [1.807, 2.05) is 4.90 Å². The second-order valence-electron chi connectivity index (χ2n) is 11.1. The first-order valence-corrected chi connectivity index (χ1v) is 15.6. The van der Waals surface area contributed by atoms with Crippen LogP contribution in [-0.4, -0.2) is 57.1 Å². The third-order valence-electron chi connectivity index (χ3n) is 8.08. The zero-order valence-electron chi connectivity index (χ0n) is 22.1. The minimum Gasteiger partial charge on any atom is -0.334 e. The van der Waals surface area contributed by atoms with Crippen molar-refractivity contribution < 1.29 is 18.0 Å². The molecule has 12 heteroatoms. The molecule has 4 heterocycles. The fourth-order valence-corrected chi connectivity index (χ4v) is 8.00. The van der Waals surface area contributed by atoms with Gasteiger partial charge in [0, 0.05) is 48.2 Å². The summed E-state index contributed by atoms with van der Waals surface area (Å²) in [5.74, 6) is 1.10. The van der Waals surface area contributed by atoms with Crippen LogP contribution in [-0.2, 0) is 19.1 Å². The van der Waals surface area contributed by atoms with Crippen LogP contribution >= 0.6 is 23.1 Å². The molecule has 212 valence electrons. The van der Waals surface area contributed by atoms with Crippen LogP contribution in [0.1, 0.15) is 63.5 Å². The number of fused-ring (bicyclic) bond motifs is 2. The van der Waals surface area contributed by atoms with Crippen LogP contribution in [0.3, 0.4) is 0 Å². The molecule has 0 atom stereocenters. The van der Waals surface area contributed by atoms with Crippen molar-refractivity contribution in [2.45, 2.75) is 61.7 Å². The first-order valence-electron chi connectivity index (χ1n) is 13.8. The van der Waals surface area contributed by atoms with Gasteiger partial charge in [-0.3, -0.25) is 9.69 Å². The molecule has 1 amide bonds. The van der Waals surface area contributed by atoms with Gasteiger partial charge in [0.25, 0.3) is 5.91 Å². The maximum Gasteiger partial charge on any atom is 0.420 e. The number of hydrogen-bond donors (Lipinski definition) is 1. The highest BCUT2D eigenvalue weighted by atomic mass is 32.2. The SMILES string of the molecule is N#CCN1CCc2cc(Nc3ncc(C(F)(F)F)c(-c4cc5c(s4)C(=O)N(C4CC4)CCS5)n3)c(C3CC3)cc2C1. The van der Waals surface area contributed by atoms with Crippen molar-refractivity contribution in [2.75, 3.05) is 30.7 Å². The molecular weight excluding hydrogens is 569 g/mol. The van der Waals surface area contributed by atoms with Gasteiger partial charge in [0.15, 0.2) is 0 Å². The predicted octanol–water partition coefficient (Wildman–Crippen LogP) is 6.44. The molecule has 1 N–H and O–H groups in total. The third kappa shape index (κ3) is 5.31. The van der Waals surface area contributed by atoms with E-state index in [9.17, 15) is 18.0 Å². The molecule has 41 heavy (non-hydrogen) atoms. The number of amides is 1. The Morgan fingerprint density at radius 1 is 1.12 bits per heavy atom. The molecule has 0 spiro atoms. The van der Waals surface area contributed by atoms with E-state index in [0.29, 0.717) is 41.1 Å². The van der Waals surface area contributed by atoms with Gasteiger partial charge in [0.05, 0.1) is 23.2 Å². The number of nitrogens with zero attached hydrogens (tertiary/aromatic N) is 5. The first-order chi connectivity index (χ1) is 19.8. The van der Waals surface area contributed by atoms with E-state index in [2.05, 4.69) is 38.4 Å². The molecule has 7 nitrogen and oxygen atoms in total. The smallest absolute Gasteiger partial charge is 0.334 e. The number of alkyl halides is 3. The summed E-state index contributed by atoms with van der Waals surface area (Å²) < 4.78 is 42.4. The van der Waals surface area contributed by atoms with Gasteiger partial charge in [-0.25, -0.2) is 9.97 Å². The molecule has 2 aromatic heterocycles. The van der Waals surface area contributed by atoms with Crippen LogP contribution in [0, 0.1) is 11.3 Å². The van der Waals surface area contributed by atoms with Crippen molar-refractivity contribution in [2.24, 2.45) is 0 Å². The molecule has 2 saturated carbocycles. The quantitative estimate of drug-likeness (QED) is 0.328. The predicted molar refractivity (Wildman–Crippen MR) is 151 cm³/mol. The van der Waals surface area contributed by atoms with Crippen LogP contribution in [0.2, 0.25) is 0 Å². The first kappa shape index (κ1) is 26.7. The molecule has 0 saturated heterocycles. The number of carbonyl (C=O) groups excluding carboxylic acids is 1. The lowest BCUT2D eigenvalue weighted by atomic mass is 9.94. The summed E-state index contributed by atoms with van der Waals surface area (Å²) in [7, 11) is 0. The van der Waals surface area contributed by atoms with Crippen molar-refractivity contribution in [3.05, 3.63) is 51.5 Å². The van der Waals surface area contributed by atoms with E-state index in [0.717, 1.165) is 77.9 Å². The summed E-state index contributed by atoms with van der Waals surface area (Å²) in [6.07, 6.45) is 1.06. The summed E-state index contributed by atoms with van der Waals surface area (Å²) in [5.41, 5.74) is 3.15. The number of nitrogens with one attached hydrogen (secondary N) is 1. The van der Waals surface area contributed by atoms with E-state index < -0.39 is 11.7 Å². The van der Waals surface area contributed by atoms with Crippen LogP contribution in [0.25, 0.3) is 10.6 Å². The number of thiophene rings is 1. The molecule has 1 aromatic carbocycles.